The Kier molecular flexibility index (Phi) is 5.53. The highest BCUT2D eigenvalue weighted by Crippen LogP contribution is 2.20. The Labute approximate surface area is 127 Å². The molecule has 0 bridgehead atoms. The first-order chi connectivity index (χ1) is 8.74. The molecule has 5 heteroatoms. The van der Waals surface area contributed by atoms with Gasteiger partial charge in [-0.1, -0.05) is 22.0 Å². The normalized spacial score (nSPS) is 10.3. The van der Waals surface area contributed by atoms with E-state index < -0.39 is 0 Å². The predicted octanol–water partition coefficient (Wildman–Crippen LogP) is 4.78. The molecule has 0 N–H and O–H groups in total. The van der Waals surface area contributed by atoms with Crippen LogP contribution in [-0.4, -0.2) is 17.3 Å². The topological polar surface area (TPSA) is 22.1 Å². The van der Waals surface area contributed by atoms with Crippen molar-refractivity contribution >= 4 is 43.6 Å². The van der Waals surface area contributed by atoms with Crippen LogP contribution in [-0.2, 0) is 0 Å². The fraction of sp³-hybridized carbons (Fsp3) is 0.154. The van der Waals surface area contributed by atoms with E-state index in [1.54, 1.807) is 18.0 Å². The van der Waals surface area contributed by atoms with Crippen LogP contribution in [0.1, 0.15) is 0 Å². The predicted molar refractivity (Wildman–Crippen MR) is 82.3 cm³/mol. The second-order valence-electron chi connectivity index (χ2n) is 3.47. The third kappa shape index (κ3) is 4.63. The van der Waals surface area contributed by atoms with Gasteiger partial charge in [0.25, 0.3) is 0 Å². The molecule has 0 aliphatic heterocycles. The maximum Gasteiger partial charge on any atom is 0.120 e. The van der Waals surface area contributed by atoms with Gasteiger partial charge in [-0.15, -0.1) is 11.8 Å². The summed E-state index contributed by atoms with van der Waals surface area (Å²) in [6, 6.07) is 11.8. The molecule has 0 saturated carbocycles. The summed E-state index contributed by atoms with van der Waals surface area (Å²) in [6.07, 6.45) is 1.80. The first-order valence-corrected chi connectivity index (χ1v) is 7.94. The second kappa shape index (κ2) is 7.16. The summed E-state index contributed by atoms with van der Waals surface area (Å²) in [7, 11) is 0. The first-order valence-electron chi connectivity index (χ1n) is 5.37. The number of halogens is 2. The van der Waals surface area contributed by atoms with E-state index in [0.29, 0.717) is 6.61 Å². The lowest BCUT2D eigenvalue weighted by molar-refractivity contribution is 0.343. The van der Waals surface area contributed by atoms with Crippen molar-refractivity contribution in [2.75, 3.05) is 12.4 Å². The Bertz CT molecular complexity index is 505. The van der Waals surface area contributed by atoms with E-state index in [0.717, 1.165) is 25.5 Å². The summed E-state index contributed by atoms with van der Waals surface area (Å²) >= 11 is 8.46. The molecule has 0 unspecified atom stereocenters. The van der Waals surface area contributed by atoms with Crippen molar-refractivity contribution in [1.82, 2.24) is 4.98 Å². The number of hydrogen-bond acceptors (Lipinski definition) is 3. The van der Waals surface area contributed by atoms with Crippen LogP contribution in [0.15, 0.2) is 56.6 Å². The Morgan fingerprint density at radius 1 is 1.11 bits per heavy atom. The largest absolute Gasteiger partial charge is 0.493 e. The van der Waals surface area contributed by atoms with E-state index in [9.17, 15) is 0 Å². The molecule has 94 valence electrons. The molecule has 0 amide bonds. The van der Waals surface area contributed by atoms with Gasteiger partial charge in [0.05, 0.1) is 11.6 Å². The fourth-order valence-electron chi connectivity index (χ4n) is 1.31. The van der Waals surface area contributed by atoms with E-state index in [4.69, 9.17) is 4.74 Å². The number of nitrogens with zero attached hydrogens (tertiary/aromatic N) is 1. The Morgan fingerprint density at radius 3 is 2.72 bits per heavy atom. The zero-order chi connectivity index (χ0) is 12.8. The molecule has 2 aromatic rings. The lowest BCUT2D eigenvalue weighted by Gasteiger charge is -2.06. The van der Waals surface area contributed by atoms with E-state index in [2.05, 4.69) is 36.8 Å². The Morgan fingerprint density at radius 2 is 2.00 bits per heavy atom. The smallest absolute Gasteiger partial charge is 0.120 e. The fourth-order valence-corrected chi connectivity index (χ4v) is 2.59. The molecular formula is C13H11Br2NOS. The maximum atomic E-state index is 5.64. The molecule has 1 aromatic carbocycles. The molecule has 1 aromatic heterocycles. The first kappa shape index (κ1) is 13.9. The maximum absolute atomic E-state index is 5.64. The molecule has 0 aliphatic carbocycles. The molecule has 2 nitrogen and oxygen atoms in total. The van der Waals surface area contributed by atoms with Gasteiger partial charge in [0.15, 0.2) is 0 Å². The summed E-state index contributed by atoms with van der Waals surface area (Å²) in [5.41, 5.74) is 0. The molecular weight excluding hydrogens is 378 g/mol. The van der Waals surface area contributed by atoms with Crippen molar-refractivity contribution in [3.8, 4) is 5.75 Å². The molecule has 0 atom stereocenters. The van der Waals surface area contributed by atoms with Crippen molar-refractivity contribution in [2.24, 2.45) is 0 Å². The van der Waals surface area contributed by atoms with Crippen molar-refractivity contribution in [3.05, 3.63) is 51.5 Å². The van der Waals surface area contributed by atoms with Crippen LogP contribution < -0.4 is 4.74 Å². The Hall–Kier alpha value is -0.520. The molecule has 0 spiro atoms. The minimum absolute atomic E-state index is 0.666. The standard InChI is InChI=1S/C13H11Br2NOS/c14-10-2-1-3-12(8-10)17-6-7-18-13-5-4-11(15)9-16-13/h1-5,8-9H,6-7H2. The van der Waals surface area contributed by atoms with Crippen molar-refractivity contribution in [2.45, 2.75) is 5.03 Å². The average molecular weight is 389 g/mol. The molecule has 0 aliphatic rings. The SMILES string of the molecule is Brc1ccc(SCCOc2cccc(Br)c2)nc1. The molecule has 0 saturated heterocycles. The monoisotopic (exact) mass is 387 g/mol. The summed E-state index contributed by atoms with van der Waals surface area (Å²) in [4.78, 5) is 4.29. The van der Waals surface area contributed by atoms with E-state index in [1.807, 2.05) is 36.4 Å². The number of aromatic nitrogens is 1. The summed E-state index contributed by atoms with van der Waals surface area (Å²) in [5.74, 6) is 1.76. The third-order valence-electron chi connectivity index (χ3n) is 2.10. The van der Waals surface area contributed by atoms with E-state index in [-0.39, 0.29) is 0 Å². The second-order valence-corrected chi connectivity index (χ2v) is 6.42. The highest BCUT2D eigenvalue weighted by Gasteiger charge is 1.98. The number of benzene rings is 1. The number of ether oxygens (including phenoxy) is 1. The van der Waals surface area contributed by atoms with Crippen molar-refractivity contribution in [1.29, 1.82) is 0 Å². The molecule has 0 fully saturated rings. The van der Waals surface area contributed by atoms with Gasteiger partial charge < -0.3 is 4.74 Å². The van der Waals surface area contributed by atoms with Crippen LogP contribution in [0.25, 0.3) is 0 Å². The average Bonchev–Trinajstić information content (AvgIpc) is 2.37. The van der Waals surface area contributed by atoms with Gasteiger partial charge in [0, 0.05) is 20.9 Å². The van der Waals surface area contributed by atoms with Gasteiger partial charge in [-0.2, -0.15) is 0 Å². The highest BCUT2D eigenvalue weighted by atomic mass is 79.9. The zero-order valence-corrected chi connectivity index (χ0v) is 13.5. The van der Waals surface area contributed by atoms with Crippen LogP contribution >= 0.6 is 43.6 Å². The number of rotatable bonds is 5. The lowest BCUT2D eigenvalue weighted by atomic mass is 10.3. The molecule has 0 radical (unpaired) electrons. The lowest BCUT2D eigenvalue weighted by Crippen LogP contribution is -2.00. The Balaban J connectivity index is 1.74. The van der Waals surface area contributed by atoms with Gasteiger partial charge in [0.1, 0.15) is 5.75 Å². The number of thioether (sulfide) groups is 1. The van der Waals surface area contributed by atoms with Gasteiger partial charge in [-0.3, -0.25) is 0 Å². The minimum Gasteiger partial charge on any atom is -0.493 e. The van der Waals surface area contributed by atoms with Crippen molar-refractivity contribution < 1.29 is 4.74 Å². The number of pyridine rings is 1. The van der Waals surface area contributed by atoms with Crippen LogP contribution in [0.2, 0.25) is 0 Å². The van der Waals surface area contributed by atoms with Gasteiger partial charge in [-0.25, -0.2) is 4.98 Å². The third-order valence-corrected chi connectivity index (χ3v) is 3.97. The van der Waals surface area contributed by atoms with Gasteiger partial charge in [0.2, 0.25) is 0 Å². The summed E-state index contributed by atoms with van der Waals surface area (Å²) in [5, 5.41) is 1.01. The van der Waals surface area contributed by atoms with Crippen LogP contribution in [0.5, 0.6) is 5.75 Å². The van der Waals surface area contributed by atoms with Crippen LogP contribution in [0.3, 0.4) is 0 Å². The van der Waals surface area contributed by atoms with E-state index >= 15 is 0 Å². The quantitative estimate of drug-likeness (QED) is 0.543. The van der Waals surface area contributed by atoms with Crippen molar-refractivity contribution in [3.63, 3.8) is 0 Å². The van der Waals surface area contributed by atoms with Gasteiger partial charge >= 0.3 is 0 Å². The van der Waals surface area contributed by atoms with E-state index in [1.165, 1.54) is 0 Å². The zero-order valence-electron chi connectivity index (χ0n) is 9.48. The molecule has 18 heavy (non-hydrogen) atoms. The highest BCUT2D eigenvalue weighted by molar-refractivity contribution is 9.10. The van der Waals surface area contributed by atoms with Crippen LogP contribution in [0, 0.1) is 0 Å². The van der Waals surface area contributed by atoms with Gasteiger partial charge in [-0.05, 0) is 46.3 Å². The molecule has 2 rings (SSSR count). The summed E-state index contributed by atoms with van der Waals surface area (Å²) < 4.78 is 7.67. The number of hydrogen-bond donors (Lipinski definition) is 0. The minimum atomic E-state index is 0.666. The molecule has 1 heterocycles. The summed E-state index contributed by atoms with van der Waals surface area (Å²) in [6.45, 7) is 0.666. The van der Waals surface area contributed by atoms with Crippen LogP contribution in [0.4, 0.5) is 0 Å².